The number of hydrogen-bond acceptors (Lipinski definition) is 4. The van der Waals surface area contributed by atoms with Gasteiger partial charge in [0.2, 0.25) is 0 Å². The average molecular weight is 897 g/mol. The lowest BCUT2D eigenvalue weighted by atomic mass is 10.00. The first-order valence-electron chi connectivity index (χ1n) is 23.7. The number of anilines is 2. The van der Waals surface area contributed by atoms with E-state index in [0.29, 0.717) is 17.5 Å². The van der Waals surface area contributed by atoms with Crippen molar-refractivity contribution in [2.45, 2.75) is 0 Å². The molecule has 4 heterocycles. The number of rotatable bonds is 7. The summed E-state index contributed by atoms with van der Waals surface area (Å²) < 4.78 is 4.75. The summed E-state index contributed by atoms with van der Waals surface area (Å²) in [4.78, 5) is 17.3. The van der Waals surface area contributed by atoms with Gasteiger partial charge in [-0.2, -0.15) is 0 Å². The molecule has 0 saturated carbocycles. The minimum Gasteiger partial charge on any atom is -0.337 e. The minimum atomic E-state index is 0.630. The monoisotopic (exact) mass is 896 g/mol. The van der Waals surface area contributed by atoms with Crippen LogP contribution in [0.5, 0.6) is 0 Å². The largest absolute Gasteiger partial charge is 0.337 e. The molecule has 0 N–H and O–H groups in total. The fourth-order valence-electron chi connectivity index (χ4n) is 10.2. The zero-order valence-electron chi connectivity index (χ0n) is 38.2. The molecule has 0 bridgehead atoms. The predicted octanol–water partition coefficient (Wildman–Crippen LogP) is 16.0. The second kappa shape index (κ2) is 17.0. The van der Waals surface area contributed by atoms with E-state index in [4.69, 9.17) is 15.0 Å². The molecular formula is C64H44N6. The Kier molecular flexibility index (Phi) is 9.95. The Balaban J connectivity index is 0.916. The lowest BCUT2D eigenvalue weighted by molar-refractivity contribution is 1.07. The van der Waals surface area contributed by atoms with E-state index in [1.54, 1.807) is 0 Å². The molecule has 330 valence electrons. The zero-order chi connectivity index (χ0) is 46.5. The maximum absolute atomic E-state index is 4.99. The Morgan fingerprint density at radius 2 is 0.814 bits per heavy atom. The van der Waals surface area contributed by atoms with Crippen LogP contribution in [0.3, 0.4) is 0 Å². The third kappa shape index (κ3) is 7.09. The van der Waals surface area contributed by atoms with Crippen LogP contribution in [0.2, 0.25) is 0 Å². The van der Waals surface area contributed by atoms with Crippen LogP contribution >= 0.6 is 0 Å². The van der Waals surface area contributed by atoms with Crippen molar-refractivity contribution in [3.05, 3.63) is 255 Å². The standard InChI is InChI=1S/C64H44N6/c1-43-18-6-5-17-39-68(57-27-15-13-25-52(43)57)51-35-38-61-56(42-51)55-41-48(32-37-60(55)69(61)49-23-11-4-12-24-49)47-31-36-59-54(40-47)53-26-14-16-28-58(53)70(59)50-33-29-46(30-34-50)64-66-62(44-19-7-2-8-20-44)65-63(67-64)45-21-9-3-10-22-45/h2-38,40-42H,1,39H2/b17-5-,18-6-. The van der Waals surface area contributed by atoms with Crippen molar-refractivity contribution in [2.24, 2.45) is 0 Å². The van der Waals surface area contributed by atoms with Gasteiger partial charge in [0.1, 0.15) is 0 Å². The Hall–Kier alpha value is -9.39. The maximum atomic E-state index is 4.99. The predicted molar refractivity (Wildman–Crippen MR) is 291 cm³/mol. The third-order valence-electron chi connectivity index (χ3n) is 13.5. The first-order chi connectivity index (χ1) is 34.6. The van der Waals surface area contributed by atoms with Crippen LogP contribution < -0.4 is 4.90 Å². The van der Waals surface area contributed by atoms with Gasteiger partial charge in [0.25, 0.3) is 0 Å². The Labute approximate surface area is 405 Å². The van der Waals surface area contributed by atoms with Crippen molar-refractivity contribution in [1.82, 2.24) is 24.1 Å². The first-order valence-corrected chi connectivity index (χ1v) is 23.7. The molecule has 1 aliphatic rings. The van der Waals surface area contributed by atoms with E-state index < -0.39 is 0 Å². The molecule has 9 aromatic carbocycles. The summed E-state index contributed by atoms with van der Waals surface area (Å²) in [5.74, 6) is 1.92. The van der Waals surface area contributed by atoms with E-state index in [-0.39, 0.29) is 0 Å². The molecule has 0 spiro atoms. The van der Waals surface area contributed by atoms with E-state index in [0.717, 1.165) is 90.3 Å². The lowest BCUT2D eigenvalue weighted by Crippen LogP contribution is -2.18. The molecule has 0 atom stereocenters. The number of hydrogen-bond donors (Lipinski definition) is 0. The molecule has 0 radical (unpaired) electrons. The summed E-state index contributed by atoms with van der Waals surface area (Å²) in [5.41, 5.74) is 16.3. The molecule has 6 heteroatoms. The van der Waals surface area contributed by atoms with Crippen LogP contribution in [0, 0.1) is 0 Å². The van der Waals surface area contributed by atoms with E-state index in [1.165, 1.54) is 21.5 Å². The van der Waals surface area contributed by atoms with Crippen molar-refractivity contribution in [2.75, 3.05) is 11.4 Å². The molecule has 0 amide bonds. The molecule has 1 aliphatic heterocycles. The highest BCUT2D eigenvalue weighted by Gasteiger charge is 2.20. The molecule has 0 saturated heterocycles. The van der Waals surface area contributed by atoms with Crippen LogP contribution in [0.4, 0.5) is 11.4 Å². The normalized spacial score (nSPS) is 13.6. The molecule has 6 nitrogen and oxygen atoms in total. The topological polar surface area (TPSA) is 51.8 Å². The summed E-state index contributed by atoms with van der Waals surface area (Å²) >= 11 is 0. The van der Waals surface area contributed by atoms with Crippen LogP contribution in [0.1, 0.15) is 5.56 Å². The summed E-state index contributed by atoms with van der Waals surface area (Å²) in [6, 6.07) is 77.5. The van der Waals surface area contributed by atoms with E-state index >= 15 is 0 Å². The molecular weight excluding hydrogens is 853 g/mol. The fourth-order valence-corrected chi connectivity index (χ4v) is 10.2. The van der Waals surface area contributed by atoms with Gasteiger partial charge in [0, 0.05) is 73.1 Å². The van der Waals surface area contributed by atoms with Crippen molar-refractivity contribution < 1.29 is 0 Å². The fraction of sp³-hybridized carbons (Fsp3) is 0.0156. The number of fused-ring (bicyclic) bond motifs is 7. The molecule has 0 unspecified atom stereocenters. The Morgan fingerprint density at radius 3 is 1.46 bits per heavy atom. The first kappa shape index (κ1) is 40.8. The number of allylic oxidation sites excluding steroid dienone is 4. The number of aromatic nitrogens is 5. The highest BCUT2D eigenvalue weighted by molar-refractivity contribution is 6.13. The minimum absolute atomic E-state index is 0.630. The number of benzene rings is 9. The van der Waals surface area contributed by atoms with Gasteiger partial charge in [0.05, 0.1) is 22.1 Å². The molecule has 3 aromatic heterocycles. The lowest BCUT2D eigenvalue weighted by Gasteiger charge is -2.26. The SMILES string of the molecule is C=C1/C=C\C=C/CN(c2ccc3c(c2)c2cc(-c4ccc5c(c4)c4ccccc4n5-c4ccc(-c5nc(-c6ccccc6)nc(-c6ccccc6)n5)cc4)ccc2n3-c2ccccc2)c2ccccc21. The second-order valence-electron chi connectivity index (χ2n) is 17.7. The van der Waals surface area contributed by atoms with Crippen LogP contribution in [0.25, 0.3) is 106 Å². The molecule has 0 aliphatic carbocycles. The quantitative estimate of drug-likeness (QED) is 0.160. The van der Waals surface area contributed by atoms with Gasteiger partial charge in [-0.1, -0.05) is 158 Å². The number of nitrogens with zero attached hydrogens (tertiary/aromatic N) is 6. The summed E-state index contributed by atoms with van der Waals surface area (Å²) in [6.45, 7) is 5.15. The summed E-state index contributed by atoms with van der Waals surface area (Å²) in [6.07, 6.45) is 8.49. The Morgan fingerprint density at radius 1 is 0.357 bits per heavy atom. The zero-order valence-corrected chi connectivity index (χ0v) is 38.2. The van der Waals surface area contributed by atoms with E-state index in [1.807, 2.05) is 60.7 Å². The van der Waals surface area contributed by atoms with Crippen molar-refractivity contribution in [3.8, 4) is 56.7 Å². The van der Waals surface area contributed by atoms with Gasteiger partial charge in [-0.3, -0.25) is 0 Å². The van der Waals surface area contributed by atoms with Crippen molar-refractivity contribution in [1.29, 1.82) is 0 Å². The van der Waals surface area contributed by atoms with Crippen molar-refractivity contribution >= 4 is 60.6 Å². The second-order valence-corrected chi connectivity index (χ2v) is 17.7. The van der Waals surface area contributed by atoms with Crippen LogP contribution in [-0.4, -0.2) is 30.6 Å². The highest BCUT2D eigenvalue weighted by Crippen LogP contribution is 2.41. The summed E-state index contributed by atoms with van der Waals surface area (Å²) in [5, 5.41) is 4.79. The number of para-hydroxylation sites is 3. The van der Waals surface area contributed by atoms with Gasteiger partial charge < -0.3 is 14.0 Å². The van der Waals surface area contributed by atoms with Crippen molar-refractivity contribution in [3.63, 3.8) is 0 Å². The molecule has 12 aromatic rings. The van der Waals surface area contributed by atoms with Crippen LogP contribution in [0.15, 0.2) is 249 Å². The molecule has 0 fully saturated rings. The van der Waals surface area contributed by atoms with Crippen LogP contribution in [-0.2, 0) is 0 Å². The van der Waals surface area contributed by atoms with Gasteiger partial charge in [-0.15, -0.1) is 0 Å². The highest BCUT2D eigenvalue weighted by atomic mass is 15.1. The van der Waals surface area contributed by atoms with Gasteiger partial charge in [0.15, 0.2) is 17.5 Å². The maximum Gasteiger partial charge on any atom is 0.164 e. The summed E-state index contributed by atoms with van der Waals surface area (Å²) in [7, 11) is 0. The van der Waals surface area contributed by atoms with Gasteiger partial charge in [-0.25, -0.2) is 15.0 Å². The van der Waals surface area contributed by atoms with Gasteiger partial charge in [-0.05, 0) is 108 Å². The van der Waals surface area contributed by atoms with Gasteiger partial charge >= 0.3 is 0 Å². The average Bonchev–Trinajstić information content (AvgIpc) is 3.96. The molecule has 70 heavy (non-hydrogen) atoms. The van der Waals surface area contributed by atoms with E-state index in [9.17, 15) is 0 Å². The smallest absolute Gasteiger partial charge is 0.164 e. The molecule has 13 rings (SSSR count). The Bertz CT molecular complexity index is 3970. The third-order valence-corrected chi connectivity index (χ3v) is 13.5. The van der Waals surface area contributed by atoms with E-state index in [2.05, 4.69) is 203 Å².